The average Bonchev–Trinajstić information content (AvgIpc) is 2.46. The molecule has 0 bridgehead atoms. The van der Waals surface area contributed by atoms with Crippen molar-refractivity contribution in [1.82, 2.24) is 5.32 Å². The number of likely N-dealkylation sites (N-methyl/N-ethyl adjacent to an activating group) is 1. The molecule has 0 aromatic heterocycles. The van der Waals surface area contributed by atoms with Gasteiger partial charge in [0.15, 0.2) is 0 Å². The van der Waals surface area contributed by atoms with E-state index in [4.69, 9.17) is 0 Å². The van der Waals surface area contributed by atoms with Crippen LogP contribution in [0.1, 0.15) is 28.3 Å². The van der Waals surface area contributed by atoms with Crippen molar-refractivity contribution in [2.45, 2.75) is 25.6 Å². The third-order valence-electron chi connectivity index (χ3n) is 3.53. The van der Waals surface area contributed by atoms with Crippen molar-refractivity contribution in [1.29, 1.82) is 0 Å². The largest absolute Gasteiger partial charge is 0.416 e. The van der Waals surface area contributed by atoms with Crippen LogP contribution in [0.15, 0.2) is 48.5 Å². The highest BCUT2D eigenvalue weighted by Gasteiger charge is 2.30. The summed E-state index contributed by atoms with van der Waals surface area (Å²) in [6, 6.07) is 13.4. The molecule has 0 saturated heterocycles. The molecule has 0 fully saturated rings. The van der Waals surface area contributed by atoms with Crippen molar-refractivity contribution in [2.75, 3.05) is 7.05 Å². The van der Waals surface area contributed by atoms with Crippen molar-refractivity contribution < 1.29 is 13.2 Å². The Kier molecular flexibility index (Phi) is 4.68. The Hall–Kier alpha value is -1.81. The number of alkyl halides is 3. The minimum atomic E-state index is -4.31. The Morgan fingerprint density at radius 2 is 1.71 bits per heavy atom. The van der Waals surface area contributed by atoms with Crippen LogP contribution in [0, 0.1) is 6.92 Å². The molecule has 0 aliphatic heterocycles. The highest BCUT2D eigenvalue weighted by Crippen LogP contribution is 2.31. The van der Waals surface area contributed by atoms with Crippen molar-refractivity contribution in [2.24, 2.45) is 0 Å². The smallest absolute Gasteiger partial charge is 0.313 e. The lowest BCUT2D eigenvalue weighted by Crippen LogP contribution is -2.19. The fourth-order valence-corrected chi connectivity index (χ4v) is 2.28. The monoisotopic (exact) mass is 293 g/mol. The first-order chi connectivity index (χ1) is 9.90. The van der Waals surface area contributed by atoms with E-state index in [9.17, 15) is 13.2 Å². The van der Waals surface area contributed by atoms with Crippen molar-refractivity contribution in [3.8, 4) is 0 Å². The third-order valence-corrected chi connectivity index (χ3v) is 3.53. The molecule has 0 heterocycles. The van der Waals surface area contributed by atoms with Gasteiger partial charge in [0.1, 0.15) is 0 Å². The van der Waals surface area contributed by atoms with E-state index in [0.717, 1.165) is 11.6 Å². The Bertz CT molecular complexity index is 588. The van der Waals surface area contributed by atoms with Crippen LogP contribution in [0.4, 0.5) is 13.2 Å². The zero-order chi connectivity index (χ0) is 15.5. The molecule has 2 rings (SSSR count). The van der Waals surface area contributed by atoms with E-state index in [0.29, 0.717) is 12.0 Å². The maximum atomic E-state index is 12.8. The van der Waals surface area contributed by atoms with Crippen molar-refractivity contribution in [3.63, 3.8) is 0 Å². The SMILES string of the molecule is CNC(Cc1ccc(C)cc1)c1cccc(C(F)(F)F)c1. The van der Waals surface area contributed by atoms with E-state index < -0.39 is 11.7 Å². The normalized spacial score (nSPS) is 13.2. The van der Waals surface area contributed by atoms with E-state index in [1.54, 1.807) is 13.1 Å². The molecule has 1 atom stereocenters. The molecule has 2 aromatic rings. The van der Waals surface area contributed by atoms with Gasteiger partial charge in [-0.2, -0.15) is 13.2 Å². The van der Waals surface area contributed by atoms with Crippen LogP contribution in [0.25, 0.3) is 0 Å². The van der Waals surface area contributed by atoms with Gasteiger partial charge in [-0.25, -0.2) is 0 Å². The van der Waals surface area contributed by atoms with Crippen LogP contribution in [-0.2, 0) is 12.6 Å². The minimum Gasteiger partial charge on any atom is -0.313 e. The molecule has 0 spiro atoms. The summed E-state index contributed by atoms with van der Waals surface area (Å²) >= 11 is 0. The molecule has 1 N–H and O–H groups in total. The summed E-state index contributed by atoms with van der Waals surface area (Å²) in [4.78, 5) is 0. The summed E-state index contributed by atoms with van der Waals surface area (Å²) in [6.07, 6.45) is -3.66. The van der Waals surface area contributed by atoms with E-state index in [1.165, 1.54) is 17.7 Å². The van der Waals surface area contributed by atoms with E-state index >= 15 is 0 Å². The number of aryl methyl sites for hydroxylation is 1. The fraction of sp³-hybridized carbons (Fsp3) is 0.294. The predicted molar refractivity (Wildman–Crippen MR) is 78.1 cm³/mol. The van der Waals surface area contributed by atoms with Crippen LogP contribution in [0.3, 0.4) is 0 Å². The molecule has 0 aliphatic rings. The summed E-state index contributed by atoms with van der Waals surface area (Å²) in [5.74, 6) is 0. The molecule has 2 aromatic carbocycles. The maximum absolute atomic E-state index is 12.8. The molecule has 1 unspecified atom stereocenters. The molecule has 0 aliphatic carbocycles. The van der Waals surface area contributed by atoms with E-state index in [1.807, 2.05) is 31.2 Å². The highest BCUT2D eigenvalue weighted by molar-refractivity contribution is 5.30. The summed E-state index contributed by atoms with van der Waals surface area (Å²) < 4.78 is 38.4. The van der Waals surface area contributed by atoms with Crippen LogP contribution in [0.2, 0.25) is 0 Å². The molecular formula is C17H18F3N. The number of hydrogen-bond donors (Lipinski definition) is 1. The second-order valence-electron chi connectivity index (χ2n) is 5.15. The summed E-state index contributed by atoms with van der Waals surface area (Å²) in [5, 5.41) is 3.09. The zero-order valence-electron chi connectivity index (χ0n) is 12.0. The van der Waals surface area contributed by atoms with Gasteiger partial charge in [0, 0.05) is 6.04 Å². The van der Waals surface area contributed by atoms with Gasteiger partial charge in [-0.1, -0.05) is 42.0 Å². The van der Waals surface area contributed by atoms with Gasteiger partial charge in [-0.3, -0.25) is 0 Å². The zero-order valence-corrected chi connectivity index (χ0v) is 12.0. The van der Waals surface area contributed by atoms with Gasteiger partial charge in [0.25, 0.3) is 0 Å². The van der Waals surface area contributed by atoms with Gasteiger partial charge in [-0.05, 0) is 43.7 Å². The second-order valence-corrected chi connectivity index (χ2v) is 5.15. The lowest BCUT2D eigenvalue weighted by Gasteiger charge is -2.18. The van der Waals surface area contributed by atoms with Crippen LogP contribution < -0.4 is 5.32 Å². The van der Waals surface area contributed by atoms with E-state index in [-0.39, 0.29) is 6.04 Å². The van der Waals surface area contributed by atoms with Gasteiger partial charge >= 0.3 is 6.18 Å². The minimum absolute atomic E-state index is 0.144. The number of halogens is 3. The quantitative estimate of drug-likeness (QED) is 0.874. The Morgan fingerprint density at radius 1 is 1.05 bits per heavy atom. The number of rotatable bonds is 4. The molecule has 21 heavy (non-hydrogen) atoms. The van der Waals surface area contributed by atoms with Gasteiger partial charge in [-0.15, -0.1) is 0 Å². The van der Waals surface area contributed by atoms with Gasteiger partial charge in [0.05, 0.1) is 5.56 Å². The Labute approximate surface area is 122 Å². The lowest BCUT2D eigenvalue weighted by molar-refractivity contribution is -0.137. The van der Waals surface area contributed by atoms with Crippen LogP contribution in [-0.4, -0.2) is 7.05 Å². The number of hydrogen-bond acceptors (Lipinski definition) is 1. The first-order valence-corrected chi connectivity index (χ1v) is 6.80. The fourth-order valence-electron chi connectivity index (χ4n) is 2.28. The molecule has 0 saturated carbocycles. The second kappa shape index (κ2) is 6.31. The molecule has 0 radical (unpaired) electrons. The molecule has 4 heteroatoms. The average molecular weight is 293 g/mol. The number of nitrogens with one attached hydrogen (secondary N) is 1. The van der Waals surface area contributed by atoms with E-state index in [2.05, 4.69) is 5.32 Å². The first kappa shape index (κ1) is 15.6. The van der Waals surface area contributed by atoms with Crippen LogP contribution in [0.5, 0.6) is 0 Å². The van der Waals surface area contributed by atoms with Crippen molar-refractivity contribution in [3.05, 3.63) is 70.8 Å². The highest BCUT2D eigenvalue weighted by atomic mass is 19.4. The predicted octanol–water partition coefficient (Wildman–Crippen LogP) is 4.52. The summed E-state index contributed by atoms with van der Waals surface area (Å²) in [6.45, 7) is 2.01. The Morgan fingerprint density at radius 3 is 2.29 bits per heavy atom. The topological polar surface area (TPSA) is 12.0 Å². The molecule has 1 nitrogen and oxygen atoms in total. The van der Waals surface area contributed by atoms with Gasteiger partial charge < -0.3 is 5.32 Å². The van der Waals surface area contributed by atoms with Gasteiger partial charge in [0.2, 0.25) is 0 Å². The molecule has 0 amide bonds. The lowest BCUT2D eigenvalue weighted by atomic mass is 9.97. The Balaban J connectivity index is 2.23. The third kappa shape index (κ3) is 4.08. The standard InChI is InChI=1S/C17H18F3N/c1-12-6-8-13(9-7-12)10-16(21-2)14-4-3-5-15(11-14)17(18,19)20/h3-9,11,16,21H,10H2,1-2H3. The maximum Gasteiger partial charge on any atom is 0.416 e. The summed E-state index contributed by atoms with van der Waals surface area (Å²) in [5.41, 5.74) is 2.30. The molecular weight excluding hydrogens is 275 g/mol. The van der Waals surface area contributed by atoms with Crippen LogP contribution >= 0.6 is 0 Å². The summed E-state index contributed by atoms with van der Waals surface area (Å²) in [7, 11) is 1.76. The number of benzene rings is 2. The van der Waals surface area contributed by atoms with Crippen molar-refractivity contribution >= 4 is 0 Å². The molecule has 112 valence electrons. The first-order valence-electron chi connectivity index (χ1n) is 6.80.